The molecule has 2 N–H and O–H groups in total. The number of hydrogen-bond acceptors (Lipinski definition) is 5. The fourth-order valence-electron chi connectivity index (χ4n) is 5.84. The highest BCUT2D eigenvalue weighted by molar-refractivity contribution is 5.91. The second-order valence-electron chi connectivity index (χ2n) is 10.6. The van der Waals surface area contributed by atoms with Gasteiger partial charge in [0.2, 0.25) is 0 Å². The van der Waals surface area contributed by atoms with Crippen molar-refractivity contribution < 1.29 is 24.2 Å². The summed E-state index contributed by atoms with van der Waals surface area (Å²) in [5.41, 5.74) is 5.27. The Balaban J connectivity index is 1.04. The first-order chi connectivity index (χ1) is 19.0. The van der Waals surface area contributed by atoms with Gasteiger partial charge in [0.25, 0.3) is 0 Å². The molecule has 1 saturated carbocycles. The monoisotopic (exact) mass is 528 g/mol. The summed E-state index contributed by atoms with van der Waals surface area (Å²) in [6.45, 7) is 3.77. The third-order valence-corrected chi connectivity index (χ3v) is 7.73. The van der Waals surface area contributed by atoms with Crippen molar-refractivity contribution in [2.45, 2.75) is 38.3 Å². The maximum atomic E-state index is 12.8. The lowest BCUT2D eigenvalue weighted by Gasteiger charge is -2.20. The van der Waals surface area contributed by atoms with Gasteiger partial charge in [-0.2, -0.15) is 0 Å². The molecular weight excluding hydrogens is 492 g/mol. The second-order valence-corrected chi connectivity index (χ2v) is 10.6. The highest BCUT2D eigenvalue weighted by atomic mass is 16.6. The van der Waals surface area contributed by atoms with E-state index in [9.17, 15) is 9.59 Å². The number of nitrogens with zero attached hydrogens (tertiary/aromatic N) is 1. The van der Waals surface area contributed by atoms with E-state index in [1.807, 2.05) is 54.6 Å². The van der Waals surface area contributed by atoms with Gasteiger partial charge in [0.1, 0.15) is 6.10 Å². The van der Waals surface area contributed by atoms with Crippen LogP contribution in [0.25, 0.3) is 11.1 Å². The quantitative estimate of drug-likeness (QED) is 0.304. The zero-order valence-corrected chi connectivity index (χ0v) is 22.1. The zero-order valence-electron chi connectivity index (χ0n) is 22.1. The highest BCUT2D eigenvalue weighted by Gasteiger charge is 2.42. The number of carbonyl (C=O) groups excluding carboxylic acids is 1. The summed E-state index contributed by atoms with van der Waals surface area (Å²) in [7, 11) is 0. The maximum Gasteiger partial charge on any atom is 0.411 e. The van der Waals surface area contributed by atoms with Crippen molar-refractivity contribution in [1.29, 1.82) is 0 Å². The molecule has 7 heteroatoms. The Morgan fingerprint density at radius 1 is 0.846 bits per heavy atom. The van der Waals surface area contributed by atoms with Crippen molar-refractivity contribution in [2.24, 2.45) is 11.8 Å². The lowest BCUT2D eigenvalue weighted by Crippen LogP contribution is -2.25. The van der Waals surface area contributed by atoms with Gasteiger partial charge >= 0.3 is 12.1 Å². The second kappa shape index (κ2) is 12.9. The lowest BCUT2D eigenvalue weighted by molar-refractivity contribution is -0.138. The van der Waals surface area contributed by atoms with Crippen molar-refractivity contribution in [2.75, 3.05) is 31.6 Å². The maximum absolute atomic E-state index is 12.8. The molecule has 1 saturated heterocycles. The van der Waals surface area contributed by atoms with Crippen LogP contribution in [0.2, 0.25) is 0 Å². The number of para-hydroxylation sites is 1. The van der Waals surface area contributed by atoms with E-state index in [0.29, 0.717) is 18.4 Å². The number of rotatable bonds is 11. The number of hydrogen-bond donors (Lipinski definition) is 2. The van der Waals surface area contributed by atoms with Crippen LogP contribution < -0.4 is 5.32 Å². The molecule has 3 aromatic carbocycles. The van der Waals surface area contributed by atoms with E-state index in [1.165, 1.54) is 11.1 Å². The van der Waals surface area contributed by atoms with E-state index in [2.05, 4.69) is 34.5 Å². The molecule has 1 aliphatic heterocycles. The molecule has 0 spiro atoms. The number of likely N-dealkylation sites (tertiary alicyclic amines) is 1. The number of benzene rings is 3. The Kier molecular flexibility index (Phi) is 8.91. The molecule has 7 nitrogen and oxygen atoms in total. The number of anilines is 1. The molecule has 3 atom stereocenters. The van der Waals surface area contributed by atoms with Gasteiger partial charge in [-0.3, -0.25) is 15.0 Å². The fraction of sp³-hybridized carbons (Fsp3) is 0.375. The first-order valence-electron chi connectivity index (χ1n) is 13.8. The first-order valence-corrected chi connectivity index (χ1v) is 13.8. The number of carboxylic acid groups (broad SMARTS) is 1. The molecule has 1 aliphatic carbocycles. The average molecular weight is 529 g/mol. The van der Waals surface area contributed by atoms with Gasteiger partial charge in [-0.15, -0.1) is 0 Å². The number of ether oxygens (including phenoxy) is 2. The topological polar surface area (TPSA) is 88.1 Å². The SMILES string of the molecule is O=C(O)CCOCCc1ccc(CN2C[C@H]3CC(OC(=O)Nc4ccccc4-c4ccccc4)C[C@H]3C2)cc1. The molecule has 3 aromatic rings. The Morgan fingerprint density at radius 3 is 2.23 bits per heavy atom. The summed E-state index contributed by atoms with van der Waals surface area (Å²) >= 11 is 0. The average Bonchev–Trinajstić information content (AvgIpc) is 3.48. The summed E-state index contributed by atoms with van der Waals surface area (Å²) in [6, 6.07) is 26.4. The summed E-state index contributed by atoms with van der Waals surface area (Å²) in [6.07, 6.45) is 2.22. The van der Waals surface area contributed by atoms with Gasteiger partial charge in [-0.25, -0.2) is 4.79 Å². The van der Waals surface area contributed by atoms with Crippen LogP contribution in [0.15, 0.2) is 78.9 Å². The van der Waals surface area contributed by atoms with Gasteiger partial charge in [0, 0.05) is 25.2 Å². The molecule has 0 radical (unpaired) electrons. The lowest BCUT2D eigenvalue weighted by atomic mass is 10.0. The molecular formula is C32H36N2O5. The molecule has 2 aliphatic rings. The van der Waals surface area contributed by atoms with Crippen LogP contribution >= 0.6 is 0 Å². The Morgan fingerprint density at radius 2 is 1.51 bits per heavy atom. The van der Waals surface area contributed by atoms with Gasteiger partial charge in [-0.05, 0) is 53.9 Å². The van der Waals surface area contributed by atoms with Gasteiger partial charge < -0.3 is 14.6 Å². The molecule has 0 aromatic heterocycles. The van der Waals surface area contributed by atoms with Crippen LogP contribution in [0.4, 0.5) is 10.5 Å². The Hall–Kier alpha value is -3.68. The van der Waals surface area contributed by atoms with Crippen LogP contribution in [0, 0.1) is 11.8 Å². The van der Waals surface area contributed by atoms with E-state index < -0.39 is 5.97 Å². The van der Waals surface area contributed by atoms with Crippen molar-refractivity contribution in [3.63, 3.8) is 0 Å². The summed E-state index contributed by atoms with van der Waals surface area (Å²) < 4.78 is 11.3. The molecule has 5 rings (SSSR count). The number of fused-ring (bicyclic) bond motifs is 1. The van der Waals surface area contributed by atoms with E-state index >= 15 is 0 Å². The van der Waals surface area contributed by atoms with Crippen LogP contribution in [0.5, 0.6) is 0 Å². The molecule has 2 fully saturated rings. The predicted molar refractivity (Wildman–Crippen MR) is 150 cm³/mol. The zero-order chi connectivity index (χ0) is 27.0. The van der Waals surface area contributed by atoms with Crippen molar-refractivity contribution >= 4 is 17.7 Å². The third-order valence-electron chi connectivity index (χ3n) is 7.73. The molecule has 0 bridgehead atoms. The molecule has 1 heterocycles. The van der Waals surface area contributed by atoms with Crippen LogP contribution in [0.1, 0.15) is 30.4 Å². The minimum absolute atomic E-state index is 0.0389. The smallest absolute Gasteiger partial charge is 0.411 e. The number of amides is 1. The van der Waals surface area contributed by atoms with E-state index in [4.69, 9.17) is 14.6 Å². The van der Waals surface area contributed by atoms with Gasteiger partial charge in [0.05, 0.1) is 25.3 Å². The summed E-state index contributed by atoms with van der Waals surface area (Å²) in [5, 5.41) is 11.6. The van der Waals surface area contributed by atoms with Crippen molar-refractivity contribution in [3.05, 3.63) is 90.0 Å². The largest absolute Gasteiger partial charge is 0.481 e. The van der Waals surface area contributed by atoms with Crippen molar-refractivity contribution in [1.82, 2.24) is 4.90 Å². The minimum atomic E-state index is -0.834. The molecule has 1 amide bonds. The molecule has 39 heavy (non-hydrogen) atoms. The standard InChI is InChI=1S/C32H36N2O5/c35-31(36)15-17-38-16-14-23-10-12-24(13-11-23)20-34-21-26-18-28(19-27(26)22-34)39-32(37)33-30-9-5-4-8-29(30)25-6-2-1-3-7-25/h1-13,26-28H,14-22H2,(H,33,37)(H,35,36)/t26-,27+,28?. The predicted octanol–water partition coefficient (Wildman–Crippen LogP) is 5.85. The fourth-order valence-corrected chi connectivity index (χ4v) is 5.84. The first kappa shape index (κ1) is 26.9. The number of carbonyl (C=O) groups is 2. The van der Waals surface area contributed by atoms with Crippen LogP contribution in [0.3, 0.4) is 0 Å². The van der Waals surface area contributed by atoms with E-state index in [1.54, 1.807) is 0 Å². The van der Waals surface area contributed by atoms with Crippen LogP contribution in [-0.4, -0.2) is 54.5 Å². The number of carboxylic acids is 1. The molecule has 204 valence electrons. The van der Waals surface area contributed by atoms with E-state index in [0.717, 1.165) is 55.7 Å². The highest BCUT2D eigenvalue weighted by Crippen LogP contribution is 2.40. The Labute approximate surface area is 229 Å². The number of aliphatic carboxylic acids is 1. The van der Waals surface area contributed by atoms with Crippen molar-refractivity contribution in [3.8, 4) is 11.1 Å². The molecule has 1 unspecified atom stereocenters. The van der Waals surface area contributed by atoms with Crippen LogP contribution in [-0.2, 0) is 27.2 Å². The van der Waals surface area contributed by atoms with Gasteiger partial charge in [-0.1, -0.05) is 72.8 Å². The van der Waals surface area contributed by atoms with E-state index in [-0.39, 0.29) is 25.2 Å². The Bertz CT molecular complexity index is 1230. The summed E-state index contributed by atoms with van der Waals surface area (Å²) in [4.78, 5) is 25.8. The normalized spacial score (nSPS) is 20.5. The minimum Gasteiger partial charge on any atom is -0.481 e. The number of nitrogens with one attached hydrogen (secondary N) is 1. The summed E-state index contributed by atoms with van der Waals surface area (Å²) in [5.74, 6) is 0.280. The van der Waals surface area contributed by atoms with Gasteiger partial charge in [0.15, 0.2) is 0 Å². The third kappa shape index (κ3) is 7.46.